The van der Waals surface area contributed by atoms with E-state index in [0.29, 0.717) is 0 Å². The second-order valence-corrected chi connectivity index (χ2v) is 15.0. The first-order valence-corrected chi connectivity index (χ1v) is 12.5. The van der Waals surface area contributed by atoms with Crippen LogP contribution in [-0.2, 0) is 37.7 Å². The van der Waals surface area contributed by atoms with Gasteiger partial charge >= 0.3 is 0 Å². The molecule has 0 spiro atoms. The molecule has 1 unspecified atom stereocenters. The number of rotatable bonds is 3. The molecule has 0 saturated carbocycles. The number of hydrogen-bond acceptors (Lipinski definition) is 4. The van der Waals surface area contributed by atoms with E-state index in [1.54, 1.807) is 18.5 Å². The van der Waals surface area contributed by atoms with Gasteiger partial charge in [0, 0.05) is 12.4 Å². The van der Waals surface area contributed by atoms with Crippen LogP contribution in [0.15, 0.2) is 12.1 Å². The Labute approximate surface area is 150 Å². The molecule has 0 radical (unpaired) electrons. The fourth-order valence-electron chi connectivity index (χ4n) is 2.91. The molecule has 130 valence electrons. The van der Waals surface area contributed by atoms with Gasteiger partial charge in [0.2, 0.25) is 0 Å². The third kappa shape index (κ3) is 3.30. The van der Waals surface area contributed by atoms with Crippen LogP contribution in [0.3, 0.4) is 0 Å². The molecule has 0 saturated heterocycles. The van der Waals surface area contributed by atoms with Crippen LogP contribution in [0.4, 0.5) is 0 Å². The average Bonchev–Trinajstić information content (AvgIpc) is 2.64. The van der Waals surface area contributed by atoms with Crippen LogP contribution in [0.2, 0.25) is 0 Å². The summed E-state index contributed by atoms with van der Waals surface area (Å²) >= 11 is 7.69. The minimum Gasteiger partial charge on any atom is -0.374 e. The third-order valence-electron chi connectivity index (χ3n) is 4.65. The van der Waals surface area contributed by atoms with E-state index in [2.05, 4.69) is 66.9 Å². The largest absolute Gasteiger partial charge is 0.374 e. The minimum atomic E-state index is -2.11. The molecule has 1 aromatic carbocycles. The molecule has 2 nitrogen and oxygen atoms in total. The molecule has 0 bridgehead atoms. The fourth-order valence-corrected chi connectivity index (χ4v) is 8.29. The van der Waals surface area contributed by atoms with Crippen molar-refractivity contribution >= 4 is 34.0 Å². The monoisotopic (exact) mass is 372 g/mol. The van der Waals surface area contributed by atoms with Crippen LogP contribution in [0, 0.1) is 0 Å². The predicted octanol–water partition coefficient (Wildman–Crippen LogP) is 5.43. The minimum absolute atomic E-state index is 0.0637. The van der Waals surface area contributed by atoms with E-state index in [4.69, 9.17) is 21.1 Å². The van der Waals surface area contributed by atoms with E-state index in [1.807, 2.05) is 0 Å². The molecule has 1 aromatic rings. The lowest BCUT2D eigenvalue weighted by atomic mass is 9.80. The molecule has 1 aliphatic rings. The van der Waals surface area contributed by atoms with Crippen molar-refractivity contribution in [3.05, 3.63) is 28.8 Å². The average molecular weight is 373 g/mol. The number of fused-ring (bicyclic) bond motifs is 1. The second kappa shape index (κ2) is 5.85. The van der Waals surface area contributed by atoms with Gasteiger partial charge in [-0.2, -0.15) is 0 Å². The molecule has 0 amide bonds. The van der Waals surface area contributed by atoms with Gasteiger partial charge in [-0.15, -0.1) is 0 Å². The van der Waals surface area contributed by atoms with E-state index in [9.17, 15) is 0 Å². The first-order chi connectivity index (χ1) is 10.3. The Bertz CT molecular complexity index is 672. The van der Waals surface area contributed by atoms with E-state index in [-0.39, 0.29) is 11.0 Å². The van der Waals surface area contributed by atoms with Gasteiger partial charge in [-0.3, -0.25) is 0 Å². The first-order valence-electron chi connectivity index (χ1n) is 7.90. The molecule has 2 rings (SSSR count). The Balaban J connectivity index is 2.92. The Morgan fingerprint density at radius 3 is 2.17 bits per heavy atom. The van der Waals surface area contributed by atoms with Crippen molar-refractivity contribution in [3.63, 3.8) is 0 Å². The van der Waals surface area contributed by atoms with E-state index < -0.39 is 11.1 Å². The highest BCUT2D eigenvalue weighted by atomic mass is 32.9. The van der Waals surface area contributed by atoms with Crippen molar-refractivity contribution < 1.29 is 9.26 Å². The van der Waals surface area contributed by atoms with Crippen molar-refractivity contribution in [2.75, 3.05) is 13.4 Å². The second-order valence-electron chi connectivity index (χ2n) is 8.17. The molecule has 1 atom stereocenters. The van der Waals surface area contributed by atoms with Gasteiger partial charge < -0.3 is 9.26 Å². The summed E-state index contributed by atoms with van der Waals surface area (Å²) in [5.41, 5.74) is 0.932. The summed E-state index contributed by atoms with van der Waals surface area (Å²) in [6.45, 7) is 15.2. The lowest BCUT2D eigenvalue weighted by molar-refractivity contribution is 0.0199. The van der Waals surface area contributed by atoms with Crippen molar-refractivity contribution in [2.24, 2.45) is 0 Å². The summed E-state index contributed by atoms with van der Waals surface area (Å²) in [5, 5.41) is 1.21. The van der Waals surface area contributed by atoms with E-state index in [0.717, 1.165) is 0 Å². The van der Waals surface area contributed by atoms with Gasteiger partial charge in [0.05, 0.1) is 11.2 Å². The molecule has 5 heteroatoms. The van der Waals surface area contributed by atoms with Crippen LogP contribution in [0.5, 0.6) is 0 Å². The molecular formula is C18H29O2PS2. The molecule has 1 heterocycles. The van der Waals surface area contributed by atoms with Crippen molar-refractivity contribution in [1.29, 1.82) is 0 Å². The SMILES string of the molecule is COC(C)(C)c1cc(C(C)(C)C)cc2c1P(=S)(SC)OC2(C)C. The smallest absolute Gasteiger partial charge is 0.149 e. The number of hydrogen-bond donors (Lipinski definition) is 0. The summed E-state index contributed by atoms with van der Waals surface area (Å²) in [4.78, 5) is 0. The fraction of sp³-hybridized carbons (Fsp3) is 0.667. The van der Waals surface area contributed by atoms with Gasteiger partial charge in [0.1, 0.15) is 5.47 Å². The summed E-state index contributed by atoms with van der Waals surface area (Å²) in [5.74, 6) is 0. The Morgan fingerprint density at radius 1 is 1.17 bits per heavy atom. The molecule has 0 aliphatic carbocycles. The zero-order valence-electron chi connectivity index (χ0n) is 15.7. The first kappa shape index (κ1) is 19.5. The Hall–Kier alpha value is 0.140. The van der Waals surface area contributed by atoms with Crippen LogP contribution in [0.25, 0.3) is 0 Å². The van der Waals surface area contributed by atoms with Crippen LogP contribution >= 0.6 is 16.8 Å². The van der Waals surface area contributed by atoms with Crippen LogP contribution in [-0.4, -0.2) is 13.4 Å². The standard InChI is InChI=1S/C18H29O2PS2/c1-16(2,3)12-10-13(17(4,5)19-8)15-14(11-12)18(6,7)20-21(15,22)23-9/h10-11H,1-9H3. The lowest BCUT2D eigenvalue weighted by Gasteiger charge is -2.31. The molecular weight excluding hydrogens is 343 g/mol. The summed E-state index contributed by atoms with van der Waals surface area (Å²) in [6.07, 6.45) is 2.06. The maximum absolute atomic E-state index is 6.44. The molecule has 0 fully saturated rings. The molecule has 0 N–H and O–H groups in total. The lowest BCUT2D eigenvalue weighted by Crippen LogP contribution is -2.30. The van der Waals surface area contributed by atoms with Crippen molar-refractivity contribution in [2.45, 2.75) is 65.1 Å². The molecule has 1 aliphatic heterocycles. The van der Waals surface area contributed by atoms with Gasteiger partial charge in [-0.1, -0.05) is 56.1 Å². The van der Waals surface area contributed by atoms with Gasteiger partial charge in [0.25, 0.3) is 0 Å². The number of ether oxygens (including phenoxy) is 1. The highest BCUT2D eigenvalue weighted by Crippen LogP contribution is 2.68. The van der Waals surface area contributed by atoms with Gasteiger partial charge in [0.15, 0.2) is 0 Å². The van der Waals surface area contributed by atoms with Crippen molar-refractivity contribution in [3.8, 4) is 0 Å². The molecule has 0 aromatic heterocycles. The maximum Gasteiger partial charge on any atom is 0.149 e. The quantitative estimate of drug-likeness (QED) is 0.658. The number of methoxy groups -OCH3 is 1. The predicted molar refractivity (Wildman–Crippen MR) is 107 cm³/mol. The normalized spacial score (nSPS) is 23.9. The van der Waals surface area contributed by atoms with Gasteiger partial charge in [-0.25, -0.2) is 0 Å². The van der Waals surface area contributed by atoms with E-state index in [1.165, 1.54) is 22.0 Å². The van der Waals surface area contributed by atoms with E-state index >= 15 is 0 Å². The highest BCUT2D eigenvalue weighted by Gasteiger charge is 2.46. The Kier molecular flexibility index (Phi) is 4.95. The zero-order valence-corrected chi connectivity index (χ0v) is 18.3. The van der Waals surface area contributed by atoms with Crippen molar-refractivity contribution in [1.82, 2.24) is 0 Å². The maximum atomic E-state index is 6.44. The number of benzene rings is 1. The summed E-state index contributed by atoms with van der Waals surface area (Å²) in [6, 6.07) is 4.58. The summed E-state index contributed by atoms with van der Waals surface area (Å²) < 4.78 is 12.3. The van der Waals surface area contributed by atoms with Gasteiger partial charge in [-0.05, 0) is 56.1 Å². The zero-order chi connectivity index (χ0) is 17.8. The van der Waals surface area contributed by atoms with Crippen LogP contribution < -0.4 is 5.30 Å². The highest BCUT2D eigenvalue weighted by molar-refractivity contribution is 8.71. The topological polar surface area (TPSA) is 18.5 Å². The molecule has 23 heavy (non-hydrogen) atoms. The summed E-state index contributed by atoms with van der Waals surface area (Å²) in [7, 11) is 1.76. The van der Waals surface area contributed by atoms with Crippen LogP contribution in [0.1, 0.15) is 65.2 Å². The third-order valence-corrected chi connectivity index (χ3v) is 11.2. The Morgan fingerprint density at radius 2 is 1.74 bits per heavy atom.